The van der Waals surface area contributed by atoms with E-state index in [4.69, 9.17) is 18.0 Å². The lowest BCUT2D eigenvalue weighted by atomic mass is 9.78. The van der Waals surface area contributed by atoms with Gasteiger partial charge in [-0.3, -0.25) is 0 Å². The fraction of sp³-hybridized carbons (Fsp3) is 0.533. The number of hydrogen-bond acceptors (Lipinski definition) is 2. The second kappa shape index (κ2) is 5.80. The Morgan fingerprint density at radius 2 is 2.05 bits per heavy atom. The molecule has 0 aromatic heterocycles. The van der Waals surface area contributed by atoms with E-state index in [0.29, 0.717) is 10.4 Å². The first-order valence-electron chi connectivity index (χ1n) is 6.80. The lowest BCUT2D eigenvalue weighted by Gasteiger charge is -2.40. The molecule has 1 heterocycles. The van der Waals surface area contributed by atoms with Crippen LogP contribution >= 0.6 is 28.1 Å². The molecule has 0 saturated carbocycles. The van der Waals surface area contributed by atoms with Crippen LogP contribution in [-0.4, -0.2) is 18.1 Å². The van der Waals surface area contributed by atoms with E-state index in [1.807, 2.05) is 6.07 Å². The van der Waals surface area contributed by atoms with Crippen LogP contribution in [-0.2, 0) is 0 Å². The molecule has 1 fully saturated rings. The number of benzene rings is 1. The summed E-state index contributed by atoms with van der Waals surface area (Å²) in [5, 5.41) is 0. The van der Waals surface area contributed by atoms with E-state index >= 15 is 0 Å². The molecule has 0 atom stereocenters. The Balaban J connectivity index is 2.25. The fourth-order valence-corrected chi connectivity index (χ4v) is 3.58. The zero-order valence-electron chi connectivity index (χ0n) is 11.6. The number of rotatable bonds is 3. The smallest absolute Gasteiger partial charge is 0.107 e. The first-order chi connectivity index (χ1) is 8.97. The maximum atomic E-state index is 5.88. The van der Waals surface area contributed by atoms with Gasteiger partial charge in [0, 0.05) is 28.8 Å². The van der Waals surface area contributed by atoms with Gasteiger partial charge in [-0.15, -0.1) is 0 Å². The third kappa shape index (κ3) is 3.11. The van der Waals surface area contributed by atoms with Crippen LogP contribution in [0.3, 0.4) is 0 Å². The zero-order chi connectivity index (χ0) is 14.0. The van der Waals surface area contributed by atoms with Crippen molar-refractivity contribution in [3.63, 3.8) is 0 Å². The molecule has 1 saturated heterocycles. The molecular weight excluding hydrogens is 320 g/mol. The highest BCUT2D eigenvalue weighted by Gasteiger charge is 2.29. The highest BCUT2D eigenvalue weighted by atomic mass is 79.9. The SMILES string of the molecule is CCC1(C)CCN(c2cccc(Br)c2C(N)=S)CC1. The summed E-state index contributed by atoms with van der Waals surface area (Å²) in [5.74, 6) is 0. The van der Waals surface area contributed by atoms with Gasteiger partial charge in [0.05, 0.1) is 0 Å². The molecule has 104 valence electrons. The van der Waals surface area contributed by atoms with Crippen molar-refractivity contribution in [2.45, 2.75) is 33.1 Å². The quantitative estimate of drug-likeness (QED) is 0.840. The molecule has 1 aliphatic heterocycles. The van der Waals surface area contributed by atoms with Crippen LogP contribution in [0.4, 0.5) is 5.69 Å². The second-order valence-corrected chi connectivity index (χ2v) is 6.94. The Labute approximate surface area is 129 Å². The van der Waals surface area contributed by atoms with Crippen LogP contribution in [0, 0.1) is 5.41 Å². The van der Waals surface area contributed by atoms with Crippen molar-refractivity contribution in [3.8, 4) is 0 Å². The van der Waals surface area contributed by atoms with Crippen molar-refractivity contribution in [3.05, 3.63) is 28.2 Å². The van der Waals surface area contributed by atoms with E-state index in [1.54, 1.807) is 0 Å². The number of halogens is 1. The number of piperidine rings is 1. The minimum atomic E-state index is 0.464. The number of nitrogens with zero attached hydrogens (tertiary/aromatic N) is 1. The first kappa shape index (κ1) is 14.8. The van der Waals surface area contributed by atoms with E-state index in [2.05, 4.69) is 46.8 Å². The summed E-state index contributed by atoms with van der Waals surface area (Å²) in [6, 6.07) is 6.17. The lowest BCUT2D eigenvalue weighted by Crippen LogP contribution is -2.39. The van der Waals surface area contributed by atoms with Gasteiger partial charge in [0.1, 0.15) is 4.99 Å². The molecule has 0 bridgehead atoms. The maximum Gasteiger partial charge on any atom is 0.107 e. The van der Waals surface area contributed by atoms with Gasteiger partial charge in [-0.25, -0.2) is 0 Å². The molecule has 2 N–H and O–H groups in total. The largest absolute Gasteiger partial charge is 0.389 e. The third-order valence-corrected chi connectivity index (χ3v) is 5.27. The van der Waals surface area contributed by atoms with Crippen LogP contribution in [0.2, 0.25) is 0 Å². The van der Waals surface area contributed by atoms with Gasteiger partial charge in [-0.05, 0) is 46.3 Å². The van der Waals surface area contributed by atoms with Gasteiger partial charge in [0.25, 0.3) is 0 Å². The first-order valence-corrected chi connectivity index (χ1v) is 8.00. The summed E-state index contributed by atoms with van der Waals surface area (Å²) in [5.41, 5.74) is 8.50. The molecule has 1 aliphatic rings. The second-order valence-electron chi connectivity index (χ2n) is 5.65. The Morgan fingerprint density at radius 3 is 2.58 bits per heavy atom. The van der Waals surface area contributed by atoms with Gasteiger partial charge in [-0.2, -0.15) is 0 Å². The molecule has 1 aromatic rings. The third-order valence-electron chi connectivity index (χ3n) is 4.40. The number of nitrogens with two attached hydrogens (primary N) is 1. The highest BCUT2D eigenvalue weighted by molar-refractivity contribution is 9.10. The van der Waals surface area contributed by atoms with Crippen molar-refractivity contribution in [2.75, 3.05) is 18.0 Å². The van der Waals surface area contributed by atoms with Crippen LogP contribution in [0.25, 0.3) is 0 Å². The summed E-state index contributed by atoms with van der Waals surface area (Å²) in [4.78, 5) is 2.88. The molecule has 4 heteroatoms. The molecule has 0 radical (unpaired) electrons. The highest BCUT2D eigenvalue weighted by Crippen LogP contribution is 2.37. The van der Waals surface area contributed by atoms with Crippen molar-refractivity contribution in [2.24, 2.45) is 11.1 Å². The Kier molecular flexibility index (Phi) is 4.51. The number of anilines is 1. The molecule has 19 heavy (non-hydrogen) atoms. The van der Waals surface area contributed by atoms with E-state index in [9.17, 15) is 0 Å². The van der Waals surface area contributed by atoms with Crippen LogP contribution in [0.1, 0.15) is 38.7 Å². The molecule has 0 spiro atoms. The predicted octanol–water partition coefficient (Wildman–Crippen LogP) is 4.10. The van der Waals surface area contributed by atoms with E-state index < -0.39 is 0 Å². The topological polar surface area (TPSA) is 29.3 Å². The molecular formula is C15H21BrN2S. The van der Waals surface area contributed by atoms with Crippen molar-refractivity contribution in [1.82, 2.24) is 0 Å². The minimum Gasteiger partial charge on any atom is -0.389 e. The molecule has 0 unspecified atom stereocenters. The summed E-state index contributed by atoms with van der Waals surface area (Å²) in [6.07, 6.45) is 3.71. The van der Waals surface area contributed by atoms with Gasteiger partial charge in [0.15, 0.2) is 0 Å². The molecule has 0 aliphatic carbocycles. The van der Waals surface area contributed by atoms with Gasteiger partial charge in [-0.1, -0.05) is 38.6 Å². The summed E-state index contributed by atoms with van der Waals surface area (Å²) in [7, 11) is 0. The van der Waals surface area contributed by atoms with E-state index in [-0.39, 0.29) is 0 Å². The normalized spacial score (nSPS) is 18.4. The molecule has 2 nitrogen and oxygen atoms in total. The summed E-state index contributed by atoms with van der Waals surface area (Å²) >= 11 is 8.75. The number of hydrogen-bond donors (Lipinski definition) is 1. The van der Waals surface area contributed by atoms with Crippen LogP contribution < -0.4 is 10.6 Å². The summed E-state index contributed by atoms with van der Waals surface area (Å²) < 4.78 is 0.987. The van der Waals surface area contributed by atoms with E-state index in [1.165, 1.54) is 24.9 Å². The lowest BCUT2D eigenvalue weighted by molar-refractivity contribution is 0.238. The van der Waals surface area contributed by atoms with Crippen molar-refractivity contribution in [1.29, 1.82) is 0 Å². The molecule has 0 amide bonds. The van der Waals surface area contributed by atoms with Gasteiger partial charge < -0.3 is 10.6 Å². The van der Waals surface area contributed by atoms with Crippen molar-refractivity contribution < 1.29 is 0 Å². The Morgan fingerprint density at radius 1 is 1.42 bits per heavy atom. The number of thiocarbonyl (C=S) groups is 1. The predicted molar refractivity (Wildman–Crippen MR) is 89.9 cm³/mol. The van der Waals surface area contributed by atoms with Crippen molar-refractivity contribution >= 4 is 38.8 Å². The van der Waals surface area contributed by atoms with Crippen LogP contribution in [0.15, 0.2) is 22.7 Å². The van der Waals surface area contributed by atoms with Gasteiger partial charge >= 0.3 is 0 Å². The molecule has 2 rings (SSSR count). The minimum absolute atomic E-state index is 0.464. The average molecular weight is 341 g/mol. The monoisotopic (exact) mass is 340 g/mol. The fourth-order valence-electron chi connectivity index (χ4n) is 2.66. The van der Waals surface area contributed by atoms with Crippen LogP contribution in [0.5, 0.6) is 0 Å². The summed E-state index contributed by atoms with van der Waals surface area (Å²) in [6.45, 7) is 6.84. The van der Waals surface area contributed by atoms with E-state index in [0.717, 1.165) is 23.1 Å². The zero-order valence-corrected chi connectivity index (χ0v) is 14.0. The Hall–Kier alpha value is -0.610. The maximum absolute atomic E-state index is 5.88. The average Bonchev–Trinajstić information content (AvgIpc) is 2.39. The Bertz CT molecular complexity index is 479. The molecule has 1 aromatic carbocycles. The standard InChI is InChI=1S/C15H21BrN2S/c1-3-15(2)7-9-18(10-8-15)12-6-4-5-11(16)13(12)14(17)19/h4-6H,3,7-10H2,1-2H3,(H2,17,19). The van der Waals surface area contributed by atoms with Gasteiger partial charge in [0.2, 0.25) is 0 Å².